The van der Waals surface area contributed by atoms with Crippen LogP contribution >= 0.6 is 0 Å². The molecule has 1 aromatic carbocycles. The number of hydrogen-bond acceptors (Lipinski definition) is 4. The molecule has 0 bridgehead atoms. The summed E-state index contributed by atoms with van der Waals surface area (Å²) in [5.41, 5.74) is 3.54. The molecule has 0 heterocycles. The van der Waals surface area contributed by atoms with Crippen molar-refractivity contribution in [3.8, 4) is 5.75 Å². The molecule has 0 unspecified atom stereocenters. The van der Waals surface area contributed by atoms with Crippen LogP contribution in [0.3, 0.4) is 0 Å². The molecule has 0 aromatic heterocycles. The minimum absolute atomic E-state index is 0.152. The Hall–Kier alpha value is -2.09. The maximum absolute atomic E-state index is 12.2. The monoisotopic (exact) mass is 357 g/mol. The number of allylic oxidation sites excluding steroid dienone is 2. The first-order chi connectivity index (χ1) is 11.7. The molecule has 0 aliphatic rings. The molecule has 3 N–H and O–H groups in total. The summed E-state index contributed by atoms with van der Waals surface area (Å²) in [6, 6.07) is 5.47. The highest BCUT2D eigenvalue weighted by molar-refractivity contribution is 5.80. The van der Waals surface area contributed by atoms with E-state index in [0.29, 0.717) is 28.8 Å². The van der Waals surface area contributed by atoms with E-state index in [9.17, 15) is 18.3 Å². The Kier molecular flexibility index (Phi) is 7.89. The summed E-state index contributed by atoms with van der Waals surface area (Å²) in [4.78, 5) is 0. The van der Waals surface area contributed by atoms with Crippen molar-refractivity contribution in [3.05, 3.63) is 59.2 Å². The quantitative estimate of drug-likeness (QED) is 0.493. The smallest absolute Gasteiger partial charge is 0.406 e. The molecule has 0 fully saturated rings. The minimum Gasteiger partial charge on any atom is -0.406 e. The molecule has 1 aromatic rings. The molecule has 0 atom stereocenters. The second-order valence-electron chi connectivity index (χ2n) is 5.46. The minimum atomic E-state index is -4.74. The summed E-state index contributed by atoms with van der Waals surface area (Å²) in [6.07, 6.45) is -2.95. The molecule has 0 amide bonds. The van der Waals surface area contributed by atoms with Crippen LogP contribution in [0.1, 0.15) is 19.4 Å². The molecular formula is C18H22F3NO3. The number of aliphatic hydroxyl groups excluding tert-OH is 2. The standard InChI is InChI=1S/C18H22F3NO3/c1-12(2)17(8-15(9-22-11-24)13(3)10-23)14-4-6-16(7-5-14)25-18(19,20)21/h4-8,22-24H,1,9-11H2,2-3H3/b15-13-,17-8+. The summed E-state index contributed by atoms with van der Waals surface area (Å²) < 4.78 is 40.6. The fraction of sp³-hybridized carbons (Fsp3) is 0.333. The third-order valence-electron chi connectivity index (χ3n) is 3.39. The summed E-state index contributed by atoms with van der Waals surface area (Å²) in [7, 11) is 0. The average Bonchev–Trinajstić information content (AvgIpc) is 2.53. The molecule has 0 spiro atoms. The van der Waals surface area contributed by atoms with Gasteiger partial charge in [0.15, 0.2) is 0 Å². The second-order valence-corrected chi connectivity index (χ2v) is 5.46. The lowest BCUT2D eigenvalue weighted by Gasteiger charge is -2.14. The van der Waals surface area contributed by atoms with E-state index >= 15 is 0 Å². The molecule has 138 valence electrons. The van der Waals surface area contributed by atoms with Crippen molar-refractivity contribution in [2.45, 2.75) is 20.2 Å². The van der Waals surface area contributed by atoms with E-state index in [4.69, 9.17) is 5.11 Å². The van der Waals surface area contributed by atoms with Crippen molar-refractivity contribution >= 4 is 5.57 Å². The van der Waals surface area contributed by atoms with Gasteiger partial charge in [0, 0.05) is 6.54 Å². The molecule has 25 heavy (non-hydrogen) atoms. The van der Waals surface area contributed by atoms with Crippen molar-refractivity contribution < 1.29 is 28.1 Å². The molecule has 0 saturated heterocycles. The van der Waals surface area contributed by atoms with Gasteiger partial charge in [-0.15, -0.1) is 13.2 Å². The van der Waals surface area contributed by atoms with Gasteiger partial charge >= 0.3 is 6.36 Å². The number of halogens is 3. The van der Waals surface area contributed by atoms with Crippen molar-refractivity contribution in [3.63, 3.8) is 0 Å². The zero-order valence-electron chi connectivity index (χ0n) is 14.2. The highest BCUT2D eigenvalue weighted by Crippen LogP contribution is 2.28. The lowest BCUT2D eigenvalue weighted by Crippen LogP contribution is -2.18. The lowest BCUT2D eigenvalue weighted by atomic mass is 9.96. The molecule has 0 aliphatic carbocycles. The maximum Gasteiger partial charge on any atom is 0.573 e. The van der Waals surface area contributed by atoms with E-state index in [1.54, 1.807) is 19.9 Å². The first kappa shape index (κ1) is 21.0. The fourth-order valence-electron chi connectivity index (χ4n) is 2.08. The topological polar surface area (TPSA) is 61.7 Å². The van der Waals surface area contributed by atoms with Crippen LogP contribution in [0, 0.1) is 0 Å². The molecule has 0 aliphatic heterocycles. The van der Waals surface area contributed by atoms with Crippen LogP contribution in [0.15, 0.2) is 53.6 Å². The third-order valence-corrected chi connectivity index (χ3v) is 3.39. The molecule has 0 radical (unpaired) electrons. The van der Waals surface area contributed by atoms with Crippen LogP contribution in [0.25, 0.3) is 5.57 Å². The van der Waals surface area contributed by atoms with E-state index < -0.39 is 6.36 Å². The zero-order chi connectivity index (χ0) is 19.0. The SMILES string of the molecule is C=C(C)/C(=C\C(CNCO)=C(/C)CO)c1ccc(OC(F)(F)F)cc1. The molecule has 1 rings (SSSR count). The van der Waals surface area contributed by atoms with E-state index in [1.165, 1.54) is 24.3 Å². The molecule has 7 heteroatoms. The predicted octanol–water partition coefficient (Wildman–Crippen LogP) is 3.39. The summed E-state index contributed by atoms with van der Waals surface area (Å²) in [5.74, 6) is -0.304. The Balaban J connectivity index is 3.20. The maximum atomic E-state index is 12.2. The van der Waals surface area contributed by atoms with E-state index in [1.807, 2.05) is 0 Å². The highest BCUT2D eigenvalue weighted by atomic mass is 19.4. The molecular weight excluding hydrogens is 335 g/mol. The largest absolute Gasteiger partial charge is 0.573 e. The van der Waals surface area contributed by atoms with Crippen molar-refractivity contribution in [1.82, 2.24) is 5.32 Å². The van der Waals surface area contributed by atoms with Crippen molar-refractivity contribution in [2.24, 2.45) is 0 Å². The highest BCUT2D eigenvalue weighted by Gasteiger charge is 2.30. The third kappa shape index (κ3) is 7.13. The Bertz CT molecular complexity index is 647. The van der Waals surface area contributed by atoms with Gasteiger partial charge in [-0.25, -0.2) is 0 Å². The van der Waals surface area contributed by atoms with Crippen molar-refractivity contribution in [1.29, 1.82) is 0 Å². The van der Waals surface area contributed by atoms with Crippen LogP contribution in [0.4, 0.5) is 13.2 Å². The number of benzene rings is 1. The Labute approximate surface area is 144 Å². The van der Waals surface area contributed by atoms with Crippen LogP contribution in [-0.4, -0.2) is 36.5 Å². The number of aliphatic hydroxyl groups is 2. The fourth-order valence-corrected chi connectivity index (χ4v) is 2.08. The second kappa shape index (κ2) is 9.41. The summed E-state index contributed by atoms with van der Waals surface area (Å²) in [5, 5.41) is 21.0. The zero-order valence-corrected chi connectivity index (χ0v) is 14.2. The van der Waals surface area contributed by atoms with Gasteiger partial charge in [0.25, 0.3) is 0 Å². The van der Waals surface area contributed by atoms with Gasteiger partial charge in [0.05, 0.1) is 13.3 Å². The Morgan fingerprint density at radius 3 is 2.24 bits per heavy atom. The summed E-state index contributed by atoms with van der Waals surface area (Å²) >= 11 is 0. The van der Waals surface area contributed by atoms with Crippen LogP contribution < -0.4 is 10.1 Å². The normalized spacial score (nSPS) is 13.5. The van der Waals surface area contributed by atoms with Gasteiger partial charge in [-0.05, 0) is 54.3 Å². The van der Waals surface area contributed by atoms with Crippen LogP contribution in [-0.2, 0) is 0 Å². The number of nitrogens with one attached hydrogen (secondary N) is 1. The van der Waals surface area contributed by atoms with Crippen molar-refractivity contribution in [2.75, 3.05) is 19.9 Å². The van der Waals surface area contributed by atoms with Crippen LogP contribution in [0.2, 0.25) is 0 Å². The van der Waals surface area contributed by atoms with Gasteiger partial charge in [-0.3, -0.25) is 5.32 Å². The number of hydrogen-bond donors (Lipinski definition) is 3. The average molecular weight is 357 g/mol. The Morgan fingerprint density at radius 2 is 1.80 bits per heavy atom. The van der Waals surface area contributed by atoms with Crippen LogP contribution in [0.5, 0.6) is 5.75 Å². The van der Waals surface area contributed by atoms with Gasteiger partial charge in [-0.1, -0.05) is 24.3 Å². The first-order valence-corrected chi connectivity index (χ1v) is 7.52. The predicted molar refractivity (Wildman–Crippen MR) is 90.8 cm³/mol. The van der Waals surface area contributed by atoms with Gasteiger partial charge in [0.2, 0.25) is 0 Å². The van der Waals surface area contributed by atoms with E-state index in [0.717, 1.165) is 5.57 Å². The Morgan fingerprint density at radius 1 is 1.20 bits per heavy atom. The number of ether oxygens (including phenoxy) is 1. The van der Waals surface area contributed by atoms with Gasteiger partial charge in [-0.2, -0.15) is 0 Å². The number of rotatable bonds is 8. The van der Waals surface area contributed by atoms with Gasteiger partial charge in [0.1, 0.15) is 5.75 Å². The first-order valence-electron chi connectivity index (χ1n) is 7.52. The molecule has 0 saturated carbocycles. The summed E-state index contributed by atoms with van der Waals surface area (Å²) in [6.45, 7) is 7.38. The molecule has 4 nitrogen and oxygen atoms in total. The number of alkyl halides is 3. The van der Waals surface area contributed by atoms with E-state index in [2.05, 4.69) is 16.6 Å². The van der Waals surface area contributed by atoms with Gasteiger partial charge < -0.3 is 14.9 Å². The lowest BCUT2D eigenvalue weighted by molar-refractivity contribution is -0.274. The van der Waals surface area contributed by atoms with E-state index in [-0.39, 0.29) is 19.1 Å².